The van der Waals surface area contributed by atoms with Gasteiger partial charge < -0.3 is 15.2 Å². The topological polar surface area (TPSA) is 78.6 Å². The average molecular weight is 369 g/mol. The second kappa shape index (κ2) is 7.51. The maximum atomic E-state index is 11.8. The molecule has 0 bridgehead atoms. The molecule has 122 valence electrons. The van der Waals surface area contributed by atoms with Crippen LogP contribution >= 0.6 is 34.8 Å². The molecule has 8 heteroatoms. The van der Waals surface area contributed by atoms with Crippen molar-refractivity contribution in [1.29, 1.82) is 0 Å². The van der Waals surface area contributed by atoms with Crippen LogP contribution in [0.1, 0.15) is 26.3 Å². The van der Waals surface area contributed by atoms with E-state index in [0.717, 1.165) is 0 Å². The Balaban J connectivity index is 2.69. The van der Waals surface area contributed by atoms with Gasteiger partial charge in [-0.15, -0.1) is 0 Å². The van der Waals surface area contributed by atoms with Gasteiger partial charge in [0.25, 0.3) is 0 Å². The van der Waals surface area contributed by atoms with E-state index in [-0.39, 0.29) is 11.4 Å². The normalized spacial score (nSPS) is 12.7. The number of benzene rings is 1. The Labute approximate surface area is 143 Å². The minimum atomic E-state index is -1.10. The second-order valence-electron chi connectivity index (χ2n) is 5.55. The van der Waals surface area contributed by atoms with Gasteiger partial charge in [-0.25, -0.2) is 9.59 Å². The Morgan fingerprint density at radius 1 is 1.14 bits per heavy atom. The van der Waals surface area contributed by atoms with E-state index in [1.54, 1.807) is 20.8 Å². The molecule has 1 aromatic carbocycles. The number of hydrogen-bond acceptors (Lipinski definition) is 5. The molecular weight excluding hydrogens is 353 g/mol. The summed E-state index contributed by atoms with van der Waals surface area (Å²) < 4.78 is 9.39. The molecule has 1 aromatic rings. The van der Waals surface area contributed by atoms with E-state index < -0.39 is 23.8 Å². The first kappa shape index (κ1) is 19.0. The summed E-state index contributed by atoms with van der Waals surface area (Å²) in [6.07, 6.45) is -1.06. The monoisotopic (exact) mass is 367 g/mol. The molecule has 0 saturated carbocycles. The predicted octanol–water partition coefficient (Wildman–Crippen LogP) is 3.99. The maximum absolute atomic E-state index is 11.8. The Morgan fingerprint density at radius 3 is 2.23 bits per heavy atom. The first-order valence-corrected chi connectivity index (χ1v) is 7.46. The van der Waals surface area contributed by atoms with E-state index >= 15 is 0 Å². The molecule has 5 nitrogen and oxygen atoms in total. The first-order valence-electron chi connectivity index (χ1n) is 6.33. The molecule has 0 amide bonds. The van der Waals surface area contributed by atoms with Gasteiger partial charge in [-0.2, -0.15) is 0 Å². The Bertz CT molecular complexity index is 584. The lowest BCUT2D eigenvalue weighted by molar-refractivity contribution is -0.142. The third-order valence-electron chi connectivity index (χ3n) is 2.41. The van der Waals surface area contributed by atoms with Crippen LogP contribution in [-0.4, -0.2) is 23.8 Å². The molecule has 0 radical (unpaired) electrons. The third-order valence-corrected chi connectivity index (χ3v) is 3.48. The Kier molecular flexibility index (Phi) is 6.50. The van der Waals surface area contributed by atoms with Crippen molar-refractivity contribution >= 4 is 46.9 Å². The highest BCUT2D eigenvalue weighted by molar-refractivity contribution is 6.43. The fraction of sp³-hybridized carbons (Fsp3) is 0.429. The molecule has 0 heterocycles. The zero-order chi connectivity index (χ0) is 17.1. The maximum Gasteiger partial charge on any atom is 0.516 e. The van der Waals surface area contributed by atoms with Crippen molar-refractivity contribution < 1.29 is 19.1 Å². The standard InChI is InChI=1S/C14H16Cl3NO4/c1-14(2,3)22-13(20)21-12(19)11(18)5-7-4-9(16)10(17)6-8(7)15/h4,6,11H,5,18H2,1-3H3/t11-/m0/s1. The highest BCUT2D eigenvalue weighted by Gasteiger charge is 2.24. The smallest absolute Gasteiger partial charge is 0.428 e. The lowest BCUT2D eigenvalue weighted by atomic mass is 10.1. The van der Waals surface area contributed by atoms with E-state index in [0.29, 0.717) is 15.6 Å². The van der Waals surface area contributed by atoms with Gasteiger partial charge in [0.1, 0.15) is 11.6 Å². The van der Waals surface area contributed by atoms with Crippen LogP contribution < -0.4 is 5.73 Å². The molecule has 0 aliphatic rings. The van der Waals surface area contributed by atoms with Crippen molar-refractivity contribution in [1.82, 2.24) is 0 Å². The second-order valence-corrected chi connectivity index (χ2v) is 6.78. The molecule has 0 unspecified atom stereocenters. The molecule has 0 spiro atoms. The lowest BCUT2D eigenvalue weighted by Gasteiger charge is -2.19. The molecule has 22 heavy (non-hydrogen) atoms. The summed E-state index contributed by atoms with van der Waals surface area (Å²) >= 11 is 17.7. The van der Waals surface area contributed by atoms with Crippen LogP contribution in [-0.2, 0) is 20.7 Å². The number of esters is 1. The quantitative estimate of drug-likeness (QED) is 0.496. The lowest BCUT2D eigenvalue weighted by Crippen LogP contribution is -2.37. The van der Waals surface area contributed by atoms with Crippen LogP contribution in [0, 0.1) is 0 Å². The zero-order valence-electron chi connectivity index (χ0n) is 12.3. The van der Waals surface area contributed by atoms with Crippen LogP contribution in [0.15, 0.2) is 12.1 Å². The Hall–Kier alpha value is -1.01. The zero-order valence-corrected chi connectivity index (χ0v) is 14.6. The molecule has 1 atom stereocenters. The summed E-state index contributed by atoms with van der Waals surface area (Å²) in [6.45, 7) is 4.94. The molecular formula is C14H16Cl3NO4. The number of rotatable bonds is 3. The number of ether oxygens (including phenoxy) is 2. The number of nitrogens with two attached hydrogens (primary N) is 1. The fourth-order valence-electron chi connectivity index (χ4n) is 1.47. The van der Waals surface area contributed by atoms with Crippen molar-refractivity contribution in [3.8, 4) is 0 Å². The SMILES string of the molecule is CC(C)(C)OC(=O)OC(=O)[C@@H](N)Cc1cc(Cl)c(Cl)cc1Cl. The summed E-state index contributed by atoms with van der Waals surface area (Å²) in [5, 5.41) is 0.893. The van der Waals surface area contributed by atoms with E-state index in [1.165, 1.54) is 12.1 Å². The number of carbonyl (C=O) groups excluding carboxylic acids is 2. The van der Waals surface area contributed by atoms with Crippen molar-refractivity contribution in [3.05, 3.63) is 32.8 Å². The van der Waals surface area contributed by atoms with Crippen molar-refractivity contribution in [2.24, 2.45) is 5.73 Å². The third kappa shape index (κ3) is 6.01. The molecule has 2 N–H and O–H groups in total. The van der Waals surface area contributed by atoms with Crippen molar-refractivity contribution in [2.45, 2.75) is 38.8 Å². The van der Waals surface area contributed by atoms with Gasteiger partial charge in [0.05, 0.1) is 10.0 Å². The van der Waals surface area contributed by atoms with Crippen LogP contribution in [0.4, 0.5) is 4.79 Å². The van der Waals surface area contributed by atoms with Gasteiger partial charge >= 0.3 is 12.1 Å². The summed E-state index contributed by atoms with van der Waals surface area (Å²) in [7, 11) is 0. The van der Waals surface area contributed by atoms with Gasteiger partial charge in [-0.05, 0) is 44.9 Å². The fourth-order valence-corrected chi connectivity index (χ4v) is 2.12. The van der Waals surface area contributed by atoms with Gasteiger partial charge in [0, 0.05) is 5.02 Å². The van der Waals surface area contributed by atoms with Gasteiger partial charge in [-0.3, -0.25) is 0 Å². The van der Waals surface area contributed by atoms with Gasteiger partial charge in [0.2, 0.25) is 0 Å². The van der Waals surface area contributed by atoms with Crippen LogP contribution in [0.3, 0.4) is 0 Å². The van der Waals surface area contributed by atoms with Crippen molar-refractivity contribution in [2.75, 3.05) is 0 Å². The van der Waals surface area contributed by atoms with Crippen LogP contribution in [0.25, 0.3) is 0 Å². The summed E-state index contributed by atoms with van der Waals surface area (Å²) in [4.78, 5) is 23.2. The molecule has 0 aliphatic carbocycles. The van der Waals surface area contributed by atoms with Crippen LogP contribution in [0.5, 0.6) is 0 Å². The van der Waals surface area contributed by atoms with E-state index in [1.807, 2.05) is 0 Å². The number of halogens is 3. The summed E-state index contributed by atoms with van der Waals surface area (Å²) in [5.41, 5.74) is 5.45. The molecule has 0 aliphatic heterocycles. The number of hydrogen-bond donors (Lipinski definition) is 1. The number of carbonyl (C=O) groups is 2. The van der Waals surface area contributed by atoms with Crippen molar-refractivity contribution in [3.63, 3.8) is 0 Å². The molecule has 0 aromatic heterocycles. The minimum absolute atomic E-state index is 0.0390. The first-order chi connectivity index (χ1) is 9.99. The van der Waals surface area contributed by atoms with E-state index in [9.17, 15) is 9.59 Å². The summed E-state index contributed by atoms with van der Waals surface area (Å²) in [6, 6.07) is 1.86. The largest absolute Gasteiger partial charge is 0.516 e. The van der Waals surface area contributed by atoms with E-state index in [2.05, 4.69) is 4.74 Å². The Morgan fingerprint density at radius 2 is 1.68 bits per heavy atom. The minimum Gasteiger partial charge on any atom is -0.428 e. The summed E-state index contributed by atoms with van der Waals surface area (Å²) in [5.74, 6) is -0.920. The van der Waals surface area contributed by atoms with Crippen LogP contribution in [0.2, 0.25) is 15.1 Å². The van der Waals surface area contributed by atoms with E-state index in [4.69, 9.17) is 45.3 Å². The molecule has 1 rings (SSSR count). The predicted molar refractivity (Wildman–Crippen MR) is 85.5 cm³/mol. The molecule has 0 fully saturated rings. The highest BCUT2D eigenvalue weighted by Crippen LogP contribution is 2.29. The van der Waals surface area contributed by atoms with Gasteiger partial charge in [-0.1, -0.05) is 34.8 Å². The average Bonchev–Trinajstić information content (AvgIpc) is 2.33. The highest BCUT2D eigenvalue weighted by atomic mass is 35.5. The molecule has 0 saturated heterocycles. The van der Waals surface area contributed by atoms with Gasteiger partial charge in [0.15, 0.2) is 0 Å².